The largest absolute Gasteiger partial charge is 0.348 e. The number of aryl methyl sites for hydroxylation is 1. The molecule has 25 heavy (non-hydrogen) atoms. The van der Waals surface area contributed by atoms with Crippen LogP contribution >= 0.6 is 0 Å². The molecule has 3 heteroatoms. The Morgan fingerprint density at radius 1 is 1.16 bits per heavy atom. The Hall–Kier alpha value is -0.900. The quantitative estimate of drug-likeness (QED) is 0.746. The Morgan fingerprint density at radius 2 is 2.00 bits per heavy atom. The third-order valence-electron chi connectivity index (χ3n) is 6.54. The van der Waals surface area contributed by atoms with Gasteiger partial charge in [-0.1, -0.05) is 43.7 Å². The average Bonchev–Trinajstić information content (AvgIpc) is 2.58. The number of morpholine rings is 1. The molecule has 0 amide bonds. The highest BCUT2D eigenvalue weighted by atomic mass is 16.7. The number of hydrogen-bond donors (Lipinski definition) is 0. The van der Waals surface area contributed by atoms with Crippen molar-refractivity contribution < 1.29 is 9.47 Å². The number of ether oxygens (including phenoxy) is 2. The van der Waals surface area contributed by atoms with Gasteiger partial charge in [0, 0.05) is 19.0 Å². The van der Waals surface area contributed by atoms with Gasteiger partial charge < -0.3 is 9.47 Å². The summed E-state index contributed by atoms with van der Waals surface area (Å²) in [5.41, 5.74) is 1.45. The van der Waals surface area contributed by atoms with Crippen molar-refractivity contribution in [2.45, 2.75) is 70.4 Å². The molecule has 2 heterocycles. The minimum absolute atomic E-state index is 0.00853. The van der Waals surface area contributed by atoms with Crippen molar-refractivity contribution in [3.63, 3.8) is 0 Å². The zero-order valence-electron chi connectivity index (χ0n) is 15.8. The first kappa shape index (κ1) is 17.5. The summed E-state index contributed by atoms with van der Waals surface area (Å²) in [6, 6.07) is 10.8. The minimum atomic E-state index is -0.0144. The summed E-state index contributed by atoms with van der Waals surface area (Å²) in [7, 11) is 0. The fourth-order valence-corrected chi connectivity index (χ4v) is 5.22. The van der Waals surface area contributed by atoms with Gasteiger partial charge in [-0.25, -0.2) is 0 Å². The summed E-state index contributed by atoms with van der Waals surface area (Å²) < 4.78 is 12.7. The molecule has 138 valence electrons. The topological polar surface area (TPSA) is 21.7 Å². The summed E-state index contributed by atoms with van der Waals surface area (Å²) >= 11 is 0. The van der Waals surface area contributed by atoms with Gasteiger partial charge in [0.15, 0.2) is 6.29 Å². The fourth-order valence-electron chi connectivity index (χ4n) is 5.22. The van der Waals surface area contributed by atoms with Crippen LogP contribution in [0, 0.1) is 11.8 Å². The van der Waals surface area contributed by atoms with Gasteiger partial charge in [-0.05, 0) is 57.1 Å². The smallest absolute Gasteiger partial charge is 0.171 e. The van der Waals surface area contributed by atoms with Crippen LogP contribution in [0.4, 0.5) is 0 Å². The van der Waals surface area contributed by atoms with Crippen LogP contribution in [0.1, 0.15) is 51.5 Å². The van der Waals surface area contributed by atoms with E-state index in [1.165, 1.54) is 50.6 Å². The van der Waals surface area contributed by atoms with Crippen LogP contribution in [0.25, 0.3) is 0 Å². The molecular weight excluding hydrogens is 310 g/mol. The zero-order chi connectivity index (χ0) is 17.3. The second-order valence-electron chi connectivity index (χ2n) is 8.74. The molecule has 3 fully saturated rings. The molecule has 1 saturated carbocycles. The van der Waals surface area contributed by atoms with E-state index in [0.29, 0.717) is 12.0 Å². The van der Waals surface area contributed by atoms with Crippen LogP contribution in [-0.2, 0) is 15.9 Å². The van der Waals surface area contributed by atoms with E-state index < -0.39 is 0 Å². The van der Waals surface area contributed by atoms with Gasteiger partial charge in [-0.2, -0.15) is 0 Å². The van der Waals surface area contributed by atoms with Crippen molar-refractivity contribution >= 4 is 0 Å². The van der Waals surface area contributed by atoms with Crippen molar-refractivity contribution in [1.29, 1.82) is 0 Å². The van der Waals surface area contributed by atoms with E-state index in [-0.39, 0.29) is 11.9 Å². The monoisotopic (exact) mass is 343 g/mol. The number of nitrogens with zero attached hydrogens (tertiary/aromatic N) is 1. The molecular formula is C22H33NO2. The summed E-state index contributed by atoms with van der Waals surface area (Å²) in [5.74, 6) is 1.38. The molecule has 0 unspecified atom stereocenters. The molecule has 1 aromatic carbocycles. The van der Waals surface area contributed by atoms with Gasteiger partial charge in [0.25, 0.3) is 0 Å². The lowest BCUT2D eigenvalue weighted by atomic mass is 9.71. The molecule has 4 rings (SSSR count). The molecule has 0 aromatic heterocycles. The second-order valence-corrected chi connectivity index (χ2v) is 8.74. The van der Waals surface area contributed by atoms with Crippen LogP contribution in [0.5, 0.6) is 0 Å². The molecule has 3 aliphatic rings. The SMILES string of the molecule is C[C@@H]1CC[C@@H]2[C@@H](C1)O[C@H]1CN(CCCCc3ccccc3)C[C@]2(C)O1. The second kappa shape index (κ2) is 7.38. The highest BCUT2D eigenvalue weighted by Crippen LogP contribution is 2.45. The van der Waals surface area contributed by atoms with Gasteiger partial charge in [0.1, 0.15) is 0 Å². The first-order valence-corrected chi connectivity index (χ1v) is 10.2. The Kier molecular flexibility index (Phi) is 5.17. The number of unbranched alkanes of at least 4 members (excludes halogenated alkanes) is 1. The van der Waals surface area contributed by atoms with Gasteiger partial charge >= 0.3 is 0 Å². The van der Waals surface area contributed by atoms with E-state index in [1.807, 2.05) is 0 Å². The van der Waals surface area contributed by atoms with E-state index >= 15 is 0 Å². The first-order valence-electron chi connectivity index (χ1n) is 10.2. The van der Waals surface area contributed by atoms with Crippen LogP contribution < -0.4 is 0 Å². The van der Waals surface area contributed by atoms with Crippen molar-refractivity contribution in [3.05, 3.63) is 35.9 Å². The molecule has 0 N–H and O–H groups in total. The lowest BCUT2D eigenvalue weighted by molar-refractivity contribution is -0.341. The zero-order valence-corrected chi connectivity index (χ0v) is 15.8. The summed E-state index contributed by atoms with van der Waals surface area (Å²) in [4.78, 5) is 2.59. The maximum Gasteiger partial charge on any atom is 0.171 e. The normalized spacial score (nSPS) is 38.3. The number of rotatable bonds is 5. The van der Waals surface area contributed by atoms with Crippen LogP contribution in [0.15, 0.2) is 30.3 Å². The van der Waals surface area contributed by atoms with Crippen LogP contribution in [0.2, 0.25) is 0 Å². The summed E-state index contributed by atoms with van der Waals surface area (Å²) in [6.45, 7) is 7.89. The van der Waals surface area contributed by atoms with E-state index in [9.17, 15) is 0 Å². The molecule has 1 aromatic rings. The fraction of sp³-hybridized carbons (Fsp3) is 0.727. The van der Waals surface area contributed by atoms with Crippen molar-refractivity contribution in [2.75, 3.05) is 19.6 Å². The van der Waals surface area contributed by atoms with Crippen molar-refractivity contribution in [1.82, 2.24) is 4.90 Å². The van der Waals surface area contributed by atoms with Gasteiger partial charge in [0.2, 0.25) is 0 Å². The third-order valence-corrected chi connectivity index (χ3v) is 6.54. The Bertz CT molecular complexity index is 562. The average molecular weight is 344 g/mol. The minimum Gasteiger partial charge on any atom is -0.348 e. The molecule has 1 aliphatic carbocycles. The van der Waals surface area contributed by atoms with Gasteiger partial charge in [0.05, 0.1) is 11.7 Å². The standard InChI is InChI=1S/C22H33NO2/c1-17-11-12-19-20(14-17)24-21-15-23(16-22(19,2)25-21)13-7-6-10-18-8-4-3-5-9-18/h3-5,8-9,17,19-21H,6-7,10-16H2,1-2H3/t17-,19-,20-,21-,22+/m1/s1. The number of hydrogen-bond acceptors (Lipinski definition) is 3. The first-order chi connectivity index (χ1) is 12.1. The predicted octanol–water partition coefficient (Wildman–Crippen LogP) is 4.26. The molecule has 2 aliphatic heterocycles. The van der Waals surface area contributed by atoms with Crippen molar-refractivity contribution in [3.8, 4) is 0 Å². The molecule has 3 nitrogen and oxygen atoms in total. The Balaban J connectivity index is 1.29. The van der Waals surface area contributed by atoms with Crippen LogP contribution in [-0.4, -0.2) is 42.5 Å². The van der Waals surface area contributed by atoms with E-state index in [4.69, 9.17) is 9.47 Å². The number of fused-ring (bicyclic) bond motifs is 4. The van der Waals surface area contributed by atoms with Gasteiger partial charge in [-0.15, -0.1) is 0 Å². The Morgan fingerprint density at radius 3 is 2.84 bits per heavy atom. The molecule has 0 spiro atoms. The van der Waals surface area contributed by atoms with E-state index in [0.717, 1.165) is 19.0 Å². The summed E-state index contributed by atoms with van der Waals surface area (Å²) in [5, 5.41) is 0. The lowest BCUT2D eigenvalue weighted by Crippen LogP contribution is -2.66. The molecule has 2 bridgehead atoms. The van der Waals surface area contributed by atoms with Crippen LogP contribution in [0.3, 0.4) is 0 Å². The lowest BCUT2D eigenvalue weighted by Gasteiger charge is -2.56. The van der Waals surface area contributed by atoms with E-state index in [2.05, 4.69) is 49.1 Å². The van der Waals surface area contributed by atoms with Gasteiger partial charge in [-0.3, -0.25) is 4.90 Å². The number of benzene rings is 1. The maximum atomic E-state index is 6.36. The molecule has 2 saturated heterocycles. The highest BCUT2D eigenvalue weighted by Gasteiger charge is 2.52. The Labute approximate surface area is 152 Å². The molecule has 0 radical (unpaired) electrons. The predicted molar refractivity (Wildman–Crippen MR) is 100 cm³/mol. The highest BCUT2D eigenvalue weighted by molar-refractivity contribution is 5.14. The summed E-state index contributed by atoms with van der Waals surface area (Å²) in [6.07, 6.45) is 7.91. The van der Waals surface area contributed by atoms with Crippen molar-refractivity contribution in [2.24, 2.45) is 11.8 Å². The third kappa shape index (κ3) is 3.94. The molecule has 5 atom stereocenters. The maximum absolute atomic E-state index is 6.36. The van der Waals surface area contributed by atoms with E-state index in [1.54, 1.807) is 0 Å².